The highest BCUT2D eigenvalue weighted by Gasteiger charge is 2.33. The van der Waals surface area contributed by atoms with Crippen LogP contribution in [-0.2, 0) is 32.6 Å². The molecule has 0 heterocycles. The molecule has 230 valence electrons. The van der Waals surface area contributed by atoms with Gasteiger partial charge in [-0.05, 0) is 60.9 Å². The van der Waals surface area contributed by atoms with E-state index in [9.17, 15) is 18.0 Å². The Balaban J connectivity index is 1.66. The van der Waals surface area contributed by atoms with Gasteiger partial charge in [-0.15, -0.1) is 0 Å². The average molecular weight is 614 g/mol. The molecule has 4 rings (SSSR count). The molecule has 0 saturated carbocycles. The van der Waals surface area contributed by atoms with Crippen LogP contribution >= 0.6 is 0 Å². The minimum atomic E-state index is -3.87. The van der Waals surface area contributed by atoms with Gasteiger partial charge in [-0.2, -0.15) is 0 Å². The lowest BCUT2D eigenvalue weighted by molar-refractivity contribution is -0.140. The maximum atomic E-state index is 14.2. The summed E-state index contributed by atoms with van der Waals surface area (Å²) < 4.78 is 33.0. The van der Waals surface area contributed by atoms with Gasteiger partial charge in [-0.3, -0.25) is 13.9 Å². The number of sulfonamides is 1. The van der Waals surface area contributed by atoms with E-state index in [1.807, 2.05) is 105 Å². The minimum Gasteiger partial charge on any atom is -0.457 e. The lowest BCUT2D eigenvalue weighted by Gasteiger charge is -2.34. The topological polar surface area (TPSA) is 96.0 Å². The Kier molecular flexibility index (Phi) is 11.2. The zero-order valence-electron chi connectivity index (χ0n) is 25.3. The lowest BCUT2D eigenvalue weighted by Crippen LogP contribution is -2.54. The molecule has 4 aromatic carbocycles. The lowest BCUT2D eigenvalue weighted by atomic mass is 10.0. The van der Waals surface area contributed by atoms with E-state index in [0.717, 1.165) is 28.1 Å². The second kappa shape index (κ2) is 15.2. The van der Waals surface area contributed by atoms with Crippen LogP contribution in [0.2, 0.25) is 0 Å². The van der Waals surface area contributed by atoms with Crippen LogP contribution in [0.4, 0.5) is 5.69 Å². The Morgan fingerprint density at radius 3 is 1.84 bits per heavy atom. The minimum absolute atomic E-state index is 0.0985. The monoisotopic (exact) mass is 613 g/mol. The molecule has 44 heavy (non-hydrogen) atoms. The van der Waals surface area contributed by atoms with Gasteiger partial charge in [-0.1, -0.05) is 85.8 Å². The van der Waals surface area contributed by atoms with E-state index in [-0.39, 0.29) is 24.9 Å². The SMILES string of the molecule is CC[C@H](C)NC(=O)[C@@H](Cc1ccccc1)N(Cc1ccccc1)C(=O)CN(c1ccc(Oc2ccccc2)cc1)S(C)(=O)=O. The summed E-state index contributed by atoms with van der Waals surface area (Å²) in [5.41, 5.74) is 2.02. The van der Waals surface area contributed by atoms with Gasteiger partial charge >= 0.3 is 0 Å². The summed E-state index contributed by atoms with van der Waals surface area (Å²) >= 11 is 0. The van der Waals surface area contributed by atoms with Crippen LogP contribution in [0.15, 0.2) is 115 Å². The van der Waals surface area contributed by atoms with Gasteiger partial charge in [0.25, 0.3) is 0 Å². The third-order valence-corrected chi connectivity index (χ3v) is 8.39. The molecule has 0 aromatic heterocycles. The normalized spacial score (nSPS) is 12.5. The fraction of sp³-hybridized carbons (Fsp3) is 0.257. The van der Waals surface area contributed by atoms with Crippen molar-refractivity contribution in [1.29, 1.82) is 0 Å². The molecule has 4 aromatic rings. The second-order valence-electron chi connectivity index (χ2n) is 10.7. The van der Waals surface area contributed by atoms with Crippen LogP contribution in [0.3, 0.4) is 0 Å². The van der Waals surface area contributed by atoms with Crippen LogP contribution in [0.5, 0.6) is 11.5 Å². The summed E-state index contributed by atoms with van der Waals surface area (Å²) in [4.78, 5) is 29.4. The predicted molar refractivity (Wildman–Crippen MR) is 174 cm³/mol. The van der Waals surface area contributed by atoms with E-state index in [4.69, 9.17) is 4.74 Å². The molecule has 2 atom stereocenters. The number of anilines is 1. The molecule has 0 aliphatic rings. The van der Waals surface area contributed by atoms with Crippen LogP contribution in [-0.4, -0.2) is 50.0 Å². The molecule has 0 aliphatic carbocycles. The van der Waals surface area contributed by atoms with Crippen LogP contribution < -0.4 is 14.4 Å². The van der Waals surface area contributed by atoms with Gasteiger partial charge in [0.05, 0.1) is 11.9 Å². The quantitative estimate of drug-likeness (QED) is 0.194. The Morgan fingerprint density at radius 2 is 1.30 bits per heavy atom. The molecule has 0 spiro atoms. The number of nitrogens with one attached hydrogen (secondary N) is 1. The zero-order chi connectivity index (χ0) is 31.5. The first-order valence-corrected chi connectivity index (χ1v) is 16.5. The Hall–Kier alpha value is -4.63. The summed E-state index contributed by atoms with van der Waals surface area (Å²) in [6.07, 6.45) is 2.06. The maximum Gasteiger partial charge on any atom is 0.244 e. The van der Waals surface area contributed by atoms with Crippen molar-refractivity contribution in [2.45, 2.75) is 45.3 Å². The number of para-hydroxylation sites is 1. The zero-order valence-corrected chi connectivity index (χ0v) is 26.1. The first-order chi connectivity index (χ1) is 21.1. The Morgan fingerprint density at radius 1 is 0.773 bits per heavy atom. The largest absolute Gasteiger partial charge is 0.457 e. The number of amides is 2. The van der Waals surface area contributed by atoms with Crippen molar-refractivity contribution in [3.8, 4) is 11.5 Å². The van der Waals surface area contributed by atoms with E-state index in [2.05, 4.69) is 5.32 Å². The van der Waals surface area contributed by atoms with Crippen molar-refractivity contribution < 1.29 is 22.7 Å². The molecule has 0 radical (unpaired) electrons. The van der Waals surface area contributed by atoms with Gasteiger partial charge < -0.3 is 15.0 Å². The summed E-state index contributed by atoms with van der Waals surface area (Å²) in [5.74, 6) is 0.382. The molecule has 0 aliphatic heterocycles. The van der Waals surface area contributed by atoms with Crippen molar-refractivity contribution in [2.75, 3.05) is 17.1 Å². The average Bonchev–Trinajstić information content (AvgIpc) is 3.02. The molecular weight excluding hydrogens is 574 g/mol. The standard InChI is InChI=1S/C35H39N3O5S/c1-4-27(2)36-35(40)33(24-28-14-8-5-9-15-28)37(25-29-16-10-6-11-17-29)34(39)26-38(44(3,41)42)30-20-22-32(23-21-30)43-31-18-12-7-13-19-31/h5-23,27,33H,4,24-26H2,1-3H3,(H,36,40)/t27-,33+/m0/s1. The van der Waals surface area contributed by atoms with E-state index in [0.29, 0.717) is 17.2 Å². The van der Waals surface area contributed by atoms with Crippen molar-refractivity contribution in [1.82, 2.24) is 10.2 Å². The molecule has 9 heteroatoms. The Bertz CT molecular complexity index is 1600. The van der Waals surface area contributed by atoms with Crippen molar-refractivity contribution in [3.05, 3.63) is 126 Å². The highest BCUT2D eigenvalue weighted by atomic mass is 32.2. The number of hydrogen-bond donors (Lipinski definition) is 1. The molecule has 0 fully saturated rings. The van der Waals surface area contributed by atoms with Crippen LogP contribution in [0.25, 0.3) is 0 Å². The van der Waals surface area contributed by atoms with Gasteiger partial charge in [0, 0.05) is 19.0 Å². The van der Waals surface area contributed by atoms with Crippen molar-refractivity contribution in [3.63, 3.8) is 0 Å². The molecule has 0 bridgehead atoms. The maximum absolute atomic E-state index is 14.2. The number of ether oxygens (including phenoxy) is 1. The number of benzene rings is 4. The van der Waals surface area contributed by atoms with Gasteiger partial charge in [0.15, 0.2) is 0 Å². The third kappa shape index (κ3) is 9.18. The molecule has 1 N–H and O–H groups in total. The molecule has 2 amide bonds. The smallest absolute Gasteiger partial charge is 0.244 e. The number of carbonyl (C=O) groups is 2. The Labute approximate surface area is 260 Å². The summed E-state index contributed by atoms with van der Waals surface area (Å²) in [6.45, 7) is 3.54. The number of hydrogen-bond acceptors (Lipinski definition) is 5. The number of carbonyl (C=O) groups excluding carboxylic acids is 2. The van der Waals surface area contributed by atoms with E-state index < -0.39 is 28.5 Å². The number of rotatable bonds is 14. The van der Waals surface area contributed by atoms with Crippen LogP contribution in [0, 0.1) is 0 Å². The summed E-state index contributed by atoms with van der Waals surface area (Å²) in [5, 5.41) is 3.03. The van der Waals surface area contributed by atoms with Gasteiger partial charge in [0.2, 0.25) is 21.8 Å². The van der Waals surface area contributed by atoms with Crippen molar-refractivity contribution in [2.24, 2.45) is 0 Å². The second-order valence-corrected chi connectivity index (χ2v) is 12.6. The number of nitrogens with zero attached hydrogens (tertiary/aromatic N) is 2. The molecular formula is C35H39N3O5S. The molecule has 0 saturated heterocycles. The van der Waals surface area contributed by atoms with Gasteiger partial charge in [-0.25, -0.2) is 8.42 Å². The first kappa shape index (κ1) is 32.3. The molecule has 8 nitrogen and oxygen atoms in total. The van der Waals surface area contributed by atoms with Crippen LogP contribution in [0.1, 0.15) is 31.4 Å². The fourth-order valence-electron chi connectivity index (χ4n) is 4.69. The van der Waals surface area contributed by atoms with E-state index in [1.54, 1.807) is 24.3 Å². The predicted octanol–water partition coefficient (Wildman–Crippen LogP) is 5.80. The fourth-order valence-corrected chi connectivity index (χ4v) is 5.54. The summed E-state index contributed by atoms with van der Waals surface area (Å²) in [7, 11) is -3.87. The first-order valence-electron chi connectivity index (χ1n) is 14.6. The van der Waals surface area contributed by atoms with E-state index >= 15 is 0 Å². The molecule has 0 unspecified atom stereocenters. The third-order valence-electron chi connectivity index (χ3n) is 7.25. The van der Waals surface area contributed by atoms with Gasteiger partial charge in [0.1, 0.15) is 24.1 Å². The van der Waals surface area contributed by atoms with E-state index in [1.165, 1.54) is 4.90 Å². The summed E-state index contributed by atoms with van der Waals surface area (Å²) in [6, 6.07) is 33.7. The highest BCUT2D eigenvalue weighted by Crippen LogP contribution is 2.26. The van der Waals surface area contributed by atoms with Crippen molar-refractivity contribution >= 4 is 27.5 Å². The highest BCUT2D eigenvalue weighted by molar-refractivity contribution is 7.92.